The Labute approximate surface area is 124 Å². The van der Waals surface area contributed by atoms with E-state index in [4.69, 9.17) is 5.73 Å². The molecular formula is C17H24F3N. The van der Waals surface area contributed by atoms with Crippen molar-refractivity contribution in [2.24, 2.45) is 17.1 Å². The monoisotopic (exact) mass is 299 g/mol. The maximum atomic E-state index is 12.6. The molecule has 0 spiro atoms. The molecule has 2 N–H and O–H groups in total. The van der Waals surface area contributed by atoms with Gasteiger partial charge in [0.05, 0.1) is 5.56 Å². The minimum atomic E-state index is -4.29. The summed E-state index contributed by atoms with van der Waals surface area (Å²) in [6, 6.07) is 5.36. The first-order chi connectivity index (χ1) is 9.52. The van der Waals surface area contributed by atoms with Crippen LogP contribution in [0, 0.1) is 11.3 Å². The lowest BCUT2D eigenvalue weighted by Crippen LogP contribution is -2.42. The Morgan fingerprint density at radius 2 is 1.48 bits per heavy atom. The van der Waals surface area contributed by atoms with Crippen molar-refractivity contribution in [2.75, 3.05) is 0 Å². The first-order valence-corrected chi connectivity index (χ1v) is 7.49. The summed E-state index contributed by atoms with van der Waals surface area (Å²) in [5.41, 5.74) is 6.46. The molecule has 118 valence electrons. The molecule has 1 saturated carbocycles. The molecule has 0 aliphatic heterocycles. The van der Waals surface area contributed by atoms with E-state index in [0.29, 0.717) is 5.92 Å². The van der Waals surface area contributed by atoms with Gasteiger partial charge in [-0.3, -0.25) is 0 Å². The average molecular weight is 299 g/mol. The first kappa shape index (κ1) is 16.3. The fraction of sp³-hybridized carbons (Fsp3) is 0.647. The summed E-state index contributed by atoms with van der Waals surface area (Å²) >= 11 is 0. The van der Waals surface area contributed by atoms with Crippen LogP contribution in [0.5, 0.6) is 0 Å². The Kier molecular flexibility index (Phi) is 4.13. The van der Waals surface area contributed by atoms with Gasteiger partial charge in [0.15, 0.2) is 0 Å². The third kappa shape index (κ3) is 3.60. The van der Waals surface area contributed by atoms with Gasteiger partial charge in [-0.1, -0.05) is 32.9 Å². The van der Waals surface area contributed by atoms with Gasteiger partial charge in [-0.25, -0.2) is 0 Å². The van der Waals surface area contributed by atoms with Gasteiger partial charge in [-0.15, -0.1) is 0 Å². The molecule has 1 aliphatic carbocycles. The summed E-state index contributed by atoms with van der Waals surface area (Å²) in [6.45, 7) is 6.71. The summed E-state index contributed by atoms with van der Waals surface area (Å²) in [6.07, 6.45) is -0.563. The van der Waals surface area contributed by atoms with Crippen molar-refractivity contribution >= 4 is 0 Å². The number of nitrogens with two attached hydrogens (primary N) is 1. The molecule has 1 aromatic rings. The number of rotatable bonds is 1. The van der Waals surface area contributed by atoms with Crippen LogP contribution in [-0.2, 0) is 11.7 Å². The summed E-state index contributed by atoms with van der Waals surface area (Å²) in [4.78, 5) is 0. The van der Waals surface area contributed by atoms with Crippen LogP contribution in [0.3, 0.4) is 0 Å². The van der Waals surface area contributed by atoms with Crippen LogP contribution in [0.2, 0.25) is 0 Å². The Balaban J connectivity index is 2.12. The van der Waals surface area contributed by atoms with Crippen LogP contribution in [0.4, 0.5) is 13.2 Å². The lowest BCUT2D eigenvalue weighted by atomic mass is 9.66. The number of alkyl halides is 3. The van der Waals surface area contributed by atoms with E-state index >= 15 is 0 Å². The predicted molar refractivity (Wildman–Crippen MR) is 78.7 cm³/mol. The molecule has 21 heavy (non-hydrogen) atoms. The Bertz CT molecular complexity index is 474. The number of halogens is 3. The molecule has 0 bridgehead atoms. The van der Waals surface area contributed by atoms with E-state index in [-0.39, 0.29) is 5.41 Å². The van der Waals surface area contributed by atoms with Gasteiger partial charge in [0, 0.05) is 5.54 Å². The van der Waals surface area contributed by atoms with Crippen molar-refractivity contribution in [3.63, 3.8) is 0 Å². The van der Waals surface area contributed by atoms with E-state index < -0.39 is 17.3 Å². The molecule has 0 saturated heterocycles. The van der Waals surface area contributed by atoms with E-state index in [1.165, 1.54) is 0 Å². The molecular weight excluding hydrogens is 275 g/mol. The van der Waals surface area contributed by atoms with Crippen molar-refractivity contribution in [1.29, 1.82) is 0 Å². The molecule has 4 heteroatoms. The van der Waals surface area contributed by atoms with Gasteiger partial charge >= 0.3 is 6.18 Å². The van der Waals surface area contributed by atoms with Crippen LogP contribution in [-0.4, -0.2) is 0 Å². The highest BCUT2D eigenvalue weighted by molar-refractivity contribution is 5.30. The number of hydrogen-bond acceptors (Lipinski definition) is 1. The van der Waals surface area contributed by atoms with Gasteiger partial charge in [-0.05, 0) is 54.7 Å². The molecule has 0 amide bonds. The quantitative estimate of drug-likeness (QED) is 0.767. The predicted octanol–water partition coefficient (Wildman–Crippen LogP) is 5.10. The van der Waals surface area contributed by atoms with Crippen molar-refractivity contribution in [2.45, 2.75) is 58.2 Å². The third-order valence-electron chi connectivity index (χ3n) is 4.89. The summed E-state index contributed by atoms with van der Waals surface area (Å²) in [5.74, 6) is 0.628. The van der Waals surface area contributed by atoms with Crippen molar-refractivity contribution in [3.8, 4) is 0 Å². The lowest BCUT2D eigenvalue weighted by molar-refractivity contribution is -0.137. The smallest absolute Gasteiger partial charge is 0.321 e. The van der Waals surface area contributed by atoms with Crippen LogP contribution < -0.4 is 5.73 Å². The highest BCUT2D eigenvalue weighted by Gasteiger charge is 2.38. The van der Waals surface area contributed by atoms with Crippen LogP contribution in [0.1, 0.15) is 57.6 Å². The second-order valence-electron chi connectivity index (χ2n) is 7.37. The third-order valence-corrected chi connectivity index (χ3v) is 4.89. The van der Waals surface area contributed by atoms with Gasteiger partial charge in [0.2, 0.25) is 0 Å². The number of benzene rings is 1. The fourth-order valence-electron chi connectivity index (χ4n) is 3.28. The van der Waals surface area contributed by atoms with Crippen LogP contribution >= 0.6 is 0 Å². The van der Waals surface area contributed by atoms with Gasteiger partial charge in [0.1, 0.15) is 0 Å². The molecule has 1 nitrogen and oxygen atoms in total. The molecule has 0 heterocycles. The zero-order valence-corrected chi connectivity index (χ0v) is 12.9. The van der Waals surface area contributed by atoms with E-state index in [9.17, 15) is 13.2 Å². The van der Waals surface area contributed by atoms with E-state index in [1.54, 1.807) is 12.1 Å². The molecule has 2 rings (SSSR count). The first-order valence-electron chi connectivity index (χ1n) is 7.49. The minimum absolute atomic E-state index is 0.265. The lowest BCUT2D eigenvalue weighted by Gasteiger charge is -2.42. The fourth-order valence-corrected chi connectivity index (χ4v) is 3.28. The minimum Gasteiger partial charge on any atom is -0.321 e. The molecule has 1 fully saturated rings. The topological polar surface area (TPSA) is 26.0 Å². The molecule has 0 radical (unpaired) electrons. The van der Waals surface area contributed by atoms with Crippen LogP contribution in [0.15, 0.2) is 24.3 Å². The summed E-state index contributed by atoms with van der Waals surface area (Å²) < 4.78 is 37.8. The Hall–Kier alpha value is -1.03. The molecule has 1 aliphatic rings. The highest BCUT2D eigenvalue weighted by Crippen LogP contribution is 2.44. The van der Waals surface area contributed by atoms with Gasteiger partial charge < -0.3 is 5.73 Å². The van der Waals surface area contributed by atoms with Crippen molar-refractivity contribution in [1.82, 2.24) is 0 Å². The van der Waals surface area contributed by atoms with E-state index in [1.807, 2.05) is 0 Å². The second kappa shape index (κ2) is 5.31. The van der Waals surface area contributed by atoms with Gasteiger partial charge in [-0.2, -0.15) is 13.2 Å². The SMILES string of the molecule is CC(C)(C)C1CCC(N)(c2ccc(C(F)(F)F)cc2)CC1. The average Bonchev–Trinajstić information content (AvgIpc) is 2.37. The molecule has 0 unspecified atom stereocenters. The maximum absolute atomic E-state index is 12.6. The van der Waals surface area contributed by atoms with Crippen LogP contribution in [0.25, 0.3) is 0 Å². The maximum Gasteiger partial charge on any atom is 0.416 e. The Morgan fingerprint density at radius 1 is 1.00 bits per heavy atom. The largest absolute Gasteiger partial charge is 0.416 e. The Morgan fingerprint density at radius 3 is 1.86 bits per heavy atom. The normalized spacial score (nSPS) is 27.7. The zero-order chi connectivity index (χ0) is 15.9. The number of hydrogen-bond donors (Lipinski definition) is 1. The molecule has 0 aromatic heterocycles. The standard InChI is InChI=1S/C17H24F3N/c1-15(2,3)12-8-10-16(21,11-9-12)13-4-6-14(7-5-13)17(18,19)20/h4-7,12H,8-11,21H2,1-3H3. The molecule has 0 atom stereocenters. The van der Waals surface area contributed by atoms with Gasteiger partial charge in [0.25, 0.3) is 0 Å². The zero-order valence-electron chi connectivity index (χ0n) is 12.9. The molecule has 1 aromatic carbocycles. The highest BCUT2D eigenvalue weighted by atomic mass is 19.4. The van der Waals surface area contributed by atoms with Crippen molar-refractivity contribution < 1.29 is 13.2 Å². The summed E-state index contributed by atoms with van der Waals surface area (Å²) in [7, 11) is 0. The second-order valence-corrected chi connectivity index (χ2v) is 7.37. The van der Waals surface area contributed by atoms with E-state index in [0.717, 1.165) is 43.4 Å². The van der Waals surface area contributed by atoms with Crippen molar-refractivity contribution in [3.05, 3.63) is 35.4 Å². The summed E-state index contributed by atoms with van der Waals surface area (Å²) in [5, 5.41) is 0. The van der Waals surface area contributed by atoms with E-state index in [2.05, 4.69) is 20.8 Å².